The summed E-state index contributed by atoms with van der Waals surface area (Å²) in [6.45, 7) is 6.91. The fourth-order valence-electron chi connectivity index (χ4n) is 3.70. The highest BCUT2D eigenvalue weighted by Gasteiger charge is 2.52. The lowest BCUT2D eigenvalue weighted by molar-refractivity contribution is -0.140. The van der Waals surface area contributed by atoms with E-state index in [1.54, 1.807) is 6.08 Å². The average molecular weight is 425 g/mol. The summed E-state index contributed by atoms with van der Waals surface area (Å²) >= 11 is 7.41. The van der Waals surface area contributed by atoms with Crippen molar-refractivity contribution >= 4 is 40.8 Å². The van der Waals surface area contributed by atoms with Gasteiger partial charge in [-0.2, -0.15) is 5.01 Å². The number of hydrogen-bond donors (Lipinski definition) is 2. The van der Waals surface area contributed by atoms with Gasteiger partial charge in [0.2, 0.25) is 0 Å². The quantitative estimate of drug-likeness (QED) is 0.521. The van der Waals surface area contributed by atoms with Crippen molar-refractivity contribution in [3.8, 4) is 0 Å². The van der Waals surface area contributed by atoms with Crippen LogP contribution in [0.5, 0.6) is 0 Å². The summed E-state index contributed by atoms with van der Waals surface area (Å²) in [7, 11) is 0. The van der Waals surface area contributed by atoms with Crippen LogP contribution in [0, 0.1) is 5.92 Å². The van der Waals surface area contributed by atoms with Crippen LogP contribution in [0.1, 0.15) is 37.5 Å². The normalized spacial score (nSPS) is 24.7. The van der Waals surface area contributed by atoms with Crippen LogP contribution >= 0.6 is 22.9 Å². The van der Waals surface area contributed by atoms with Gasteiger partial charge in [0.15, 0.2) is 0 Å². The molecular formula is C19H25ClN4O3S. The molecule has 0 atom stereocenters. The van der Waals surface area contributed by atoms with Crippen molar-refractivity contribution in [3.05, 3.63) is 34.0 Å². The number of nitrogens with one attached hydrogen (secondary N) is 2. The number of amides is 4. The third kappa shape index (κ3) is 4.56. The number of carbonyl (C=O) groups is 3. The summed E-state index contributed by atoms with van der Waals surface area (Å²) < 4.78 is 0.685. The fraction of sp³-hybridized carbons (Fsp3) is 0.526. The van der Waals surface area contributed by atoms with Gasteiger partial charge in [0, 0.05) is 18.0 Å². The Bertz CT molecular complexity index is 773. The molecule has 2 fully saturated rings. The topological polar surface area (TPSA) is 81.8 Å². The smallest absolute Gasteiger partial charge is 0.322 e. The molecule has 2 N–H and O–H groups in total. The Morgan fingerprint density at radius 3 is 2.79 bits per heavy atom. The molecule has 152 valence electrons. The minimum absolute atomic E-state index is 0.0304. The molecule has 4 amide bonds. The van der Waals surface area contributed by atoms with Crippen LogP contribution in [0.15, 0.2) is 24.8 Å². The second-order valence-electron chi connectivity index (χ2n) is 7.53. The zero-order chi connectivity index (χ0) is 20.3. The van der Waals surface area contributed by atoms with Crippen LogP contribution in [-0.4, -0.2) is 46.4 Å². The second kappa shape index (κ2) is 8.63. The van der Waals surface area contributed by atoms with Crippen molar-refractivity contribution in [1.29, 1.82) is 0 Å². The lowest BCUT2D eigenvalue weighted by atomic mass is 9.77. The van der Waals surface area contributed by atoms with Gasteiger partial charge in [-0.05, 0) is 43.7 Å². The van der Waals surface area contributed by atoms with E-state index in [4.69, 9.17) is 11.6 Å². The highest BCUT2D eigenvalue weighted by molar-refractivity contribution is 7.16. The van der Waals surface area contributed by atoms with Gasteiger partial charge in [-0.25, -0.2) is 4.79 Å². The zero-order valence-corrected chi connectivity index (χ0v) is 17.4. The van der Waals surface area contributed by atoms with Crippen LogP contribution < -0.4 is 10.7 Å². The first-order chi connectivity index (χ1) is 13.3. The molecule has 0 bridgehead atoms. The first-order valence-corrected chi connectivity index (χ1v) is 10.6. The molecule has 9 heteroatoms. The number of hydrogen-bond acceptors (Lipinski definition) is 5. The molecule has 2 aliphatic rings. The molecule has 0 radical (unpaired) electrons. The SMILES string of the molecule is C=CCN(CC(=O)NN1C(=O)NC2(CCC(C)CC2)C1=O)Cc1ccc(Cl)s1. The molecular weight excluding hydrogens is 400 g/mol. The Labute approximate surface area is 173 Å². The Morgan fingerprint density at radius 1 is 1.46 bits per heavy atom. The van der Waals surface area contributed by atoms with Gasteiger partial charge in [0.1, 0.15) is 5.54 Å². The minimum Gasteiger partial charge on any atom is -0.322 e. The summed E-state index contributed by atoms with van der Waals surface area (Å²) in [6, 6.07) is 3.16. The molecule has 0 aromatic carbocycles. The van der Waals surface area contributed by atoms with Gasteiger partial charge in [-0.3, -0.25) is 19.9 Å². The summed E-state index contributed by atoms with van der Waals surface area (Å²) in [5.41, 5.74) is 1.61. The Kier molecular flexibility index (Phi) is 6.42. The molecule has 7 nitrogen and oxygen atoms in total. The van der Waals surface area contributed by atoms with Crippen molar-refractivity contribution < 1.29 is 14.4 Å². The number of carbonyl (C=O) groups excluding carboxylic acids is 3. The Morgan fingerprint density at radius 2 is 2.18 bits per heavy atom. The van der Waals surface area contributed by atoms with Crippen LogP contribution in [0.2, 0.25) is 4.34 Å². The predicted molar refractivity (Wildman–Crippen MR) is 109 cm³/mol. The molecule has 1 saturated carbocycles. The minimum atomic E-state index is -0.870. The van der Waals surface area contributed by atoms with Crippen molar-refractivity contribution in [2.24, 2.45) is 5.92 Å². The molecule has 1 aromatic rings. The van der Waals surface area contributed by atoms with E-state index in [0.717, 1.165) is 22.7 Å². The zero-order valence-electron chi connectivity index (χ0n) is 15.9. The van der Waals surface area contributed by atoms with Gasteiger partial charge in [-0.1, -0.05) is 24.6 Å². The van der Waals surface area contributed by atoms with Gasteiger partial charge >= 0.3 is 6.03 Å². The molecule has 0 unspecified atom stereocenters. The lowest BCUT2D eigenvalue weighted by Gasteiger charge is -2.33. The maximum Gasteiger partial charge on any atom is 0.344 e. The van der Waals surface area contributed by atoms with Crippen molar-refractivity contribution in [1.82, 2.24) is 20.7 Å². The third-order valence-electron chi connectivity index (χ3n) is 5.29. The molecule has 2 heterocycles. The lowest BCUT2D eigenvalue weighted by Crippen LogP contribution is -2.52. The summed E-state index contributed by atoms with van der Waals surface area (Å²) in [5.74, 6) is -0.246. The van der Waals surface area contributed by atoms with Crippen LogP contribution in [0.3, 0.4) is 0 Å². The number of halogens is 1. The maximum atomic E-state index is 12.8. The molecule has 1 aromatic heterocycles. The highest BCUT2D eigenvalue weighted by Crippen LogP contribution is 2.35. The molecule has 1 aliphatic heterocycles. The average Bonchev–Trinajstić information content (AvgIpc) is 3.14. The molecule has 3 rings (SSSR count). The first-order valence-electron chi connectivity index (χ1n) is 9.36. The fourth-order valence-corrected chi connectivity index (χ4v) is 4.83. The standard InChI is InChI=1S/C19H25ClN4O3S/c1-3-10-23(11-14-4-5-15(20)28-14)12-16(25)22-24-17(26)19(21-18(24)27)8-6-13(2)7-9-19/h3-5,13H,1,6-12H2,2H3,(H,21,27)(H,22,25). The Balaban J connectivity index is 1.60. The van der Waals surface area contributed by atoms with Crippen molar-refractivity contribution in [3.63, 3.8) is 0 Å². The van der Waals surface area contributed by atoms with E-state index < -0.39 is 17.5 Å². The Hall–Kier alpha value is -1.90. The van der Waals surface area contributed by atoms with Gasteiger partial charge in [0.05, 0.1) is 10.9 Å². The molecule has 1 aliphatic carbocycles. The monoisotopic (exact) mass is 424 g/mol. The summed E-state index contributed by atoms with van der Waals surface area (Å²) in [5, 5.41) is 3.64. The number of imide groups is 1. The van der Waals surface area contributed by atoms with E-state index in [2.05, 4.69) is 24.2 Å². The number of nitrogens with zero attached hydrogens (tertiary/aromatic N) is 2. The number of urea groups is 1. The van der Waals surface area contributed by atoms with Gasteiger partial charge in [-0.15, -0.1) is 17.9 Å². The summed E-state index contributed by atoms with van der Waals surface area (Å²) in [6.07, 6.45) is 4.67. The third-order valence-corrected chi connectivity index (χ3v) is 6.50. The maximum absolute atomic E-state index is 12.8. The van der Waals surface area contributed by atoms with E-state index in [0.29, 0.717) is 36.2 Å². The molecule has 28 heavy (non-hydrogen) atoms. The van der Waals surface area contributed by atoms with E-state index in [-0.39, 0.29) is 12.5 Å². The number of thiophene rings is 1. The second-order valence-corrected chi connectivity index (χ2v) is 9.33. The molecule has 1 spiro atoms. The van der Waals surface area contributed by atoms with E-state index in [1.807, 2.05) is 17.0 Å². The van der Waals surface area contributed by atoms with Crippen molar-refractivity contribution in [2.75, 3.05) is 13.1 Å². The molecule has 1 saturated heterocycles. The van der Waals surface area contributed by atoms with Crippen LogP contribution in [-0.2, 0) is 16.1 Å². The van der Waals surface area contributed by atoms with Crippen molar-refractivity contribution in [2.45, 2.75) is 44.7 Å². The van der Waals surface area contributed by atoms with E-state index in [9.17, 15) is 14.4 Å². The predicted octanol–water partition coefficient (Wildman–Crippen LogP) is 2.92. The van der Waals surface area contributed by atoms with Gasteiger partial charge < -0.3 is 5.32 Å². The number of rotatable bonds is 7. The number of hydrazine groups is 1. The van der Waals surface area contributed by atoms with Crippen LogP contribution in [0.4, 0.5) is 4.79 Å². The first kappa shape index (κ1) is 20.8. The van der Waals surface area contributed by atoms with Crippen LogP contribution in [0.25, 0.3) is 0 Å². The largest absolute Gasteiger partial charge is 0.344 e. The highest BCUT2D eigenvalue weighted by atomic mass is 35.5. The van der Waals surface area contributed by atoms with E-state index in [1.165, 1.54) is 11.3 Å². The summed E-state index contributed by atoms with van der Waals surface area (Å²) in [4.78, 5) is 40.5. The van der Waals surface area contributed by atoms with Gasteiger partial charge in [0.25, 0.3) is 11.8 Å². The van der Waals surface area contributed by atoms with E-state index >= 15 is 0 Å².